The van der Waals surface area contributed by atoms with Gasteiger partial charge in [-0.3, -0.25) is 9.89 Å². The van der Waals surface area contributed by atoms with Gasteiger partial charge >= 0.3 is 0 Å². The normalized spacial score (nSPS) is 19.3. The predicted octanol–water partition coefficient (Wildman–Crippen LogP) is 2.06. The molecule has 2 aliphatic heterocycles. The Balaban J connectivity index is 1.63. The number of aliphatic imine (C=N–C) groups is 1. The summed E-state index contributed by atoms with van der Waals surface area (Å²) in [4.78, 5) is 9.74. The summed E-state index contributed by atoms with van der Waals surface area (Å²) >= 11 is 2.06. The summed E-state index contributed by atoms with van der Waals surface area (Å²) in [6, 6.07) is 8.67. The van der Waals surface area contributed by atoms with E-state index < -0.39 is 0 Å². The first-order valence-electron chi connectivity index (χ1n) is 8.32. The molecule has 0 bridgehead atoms. The molecule has 1 N–H and O–H groups in total. The van der Waals surface area contributed by atoms with Gasteiger partial charge in [0, 0.05) is 49.9 Å². The molecule has 120 valence electrons. The Bertz CT molecular complexity index is 511. The van der Waals surface area contributed by atoms with Crippen LogP contribution >= 0.6 is 11.8 Å². The van der Waals surface area contributed by atoms with Crippen molar-refractivity contribution in [2.45, 2.75) is 13.3 Å². The summed E-state index contributed by atoms with van der Waals surface area (Å²) in [6.07, 6.45) is 1.12. The lowest BCUT2D eigenvalue weighted by Crippen LogP contribution is -2.41. The second-order valence-electron chi connectivity index (χ2n) is 5.72. The summed E-state index contributed by atoms with van der Waals surface area (Å²) in [6.45, 7) is 8.46. The van der Waals surface area contributed by atoms with Crippen LogP contribution in [0.4, 0.5) is 5.69 Å². The molecule has 1 fully saturated rings. The van der Waals surface area contributed by atoms with Crippen LogP contribution < -0.4 is 10.2 Å². The summed E-state index contributed by atoms with van der Waals surface area (Å²) in [5, 5.41) is 3.46. The van der Waals surface area contributed by atoms with E-state index >= 15 is 0 Å². The maximum Gasteiger partial charge on any atom is 0.198 e. The van der Waals surface area contributed by atoms with Crippen molar-refractivity contribution in [2.75, 3.05) is 55.7 Å². The SMILES string of the molecule is CCNC(=NCCN1CCSCC1)N1CCc2ccccc21. The Hall–Kier alpha value is -1.20. The molecule has 22 heavy (non-hydrogen) atoms. The minimum absolute atomic E-state index is 0.881. The first-order valence-corrected chi connectivity index (χ1v) is 9.48. The van der Waals surface area contributed by atoms with E-state index in [9.17, 15) is 0 Å². The van der Waals surface area contributed by atoms with Crippen molar-refractivity contribution >= 4 is 23.4 Å². The van der Waals surface area contributed by atoms with Crippen molar-refractivity contribution < 1.29 is 0 Å². The third-order valence-corrected chi connectivity index (χ3v) is 5.20. The van der Waals surface area contributed by atoms with Crippen molar-refractivity contribution in [3.63, 3.8) is 0 Å². The van der Waals surface area contributed by atoms with E-state index in [0.717, 1.165) is 38.6 Å². The van der Waals surface area contributed by atoms with Gasteiger partial charge in [-0.25, -0.2) is 0 Å². The first-order chi connectivity index (χ1) is 10.9. The van der Waals surface area contributed by atoms with Gasteiger partial charge in [0.15, 0.2) is 5.96 Å². The van der Waals surface area contributed by atoms with Crippen LogP contribution in [0.1, 0.15) is 12.5 Å². The largest absolute Gasteiger partial charge is 0.356 e. The lowest BCUT2D eigenvalue weighted by atomic mass is 10.2. The molecule has 1 aromatic rings. The van der Waals surface area contributed by atoms with Gasteiger partial charge in [0.25, 0.3) is 0 Å². The van der Waals surface area contributed by atoms with Crippen LogP contribution in [0.2, 0.25) is 0 Å². The third-order valence-electron chi connectivity index (χ3n) is 4.26. The Kier molecular flexibility index (Phi) is 5.62. The van der Waals surface area contributed by atoms with Gasteiger partial charge in [-0.2, -0.15) is 11.8 Å². The molecule has 0 radical (unpaired) electrons. The highest BCUT2D eigenvalue weighted by Gasteiger charge is 2.22. The Labute approximate surface area is 138 Å². The molecular formula is C17H26N4S. The standard InChI is InChI=1S/C17H26N4S/c1-2-18-17(19-8-10-20-11-13-22-14-12-20)21-9-7-15-5-3-4-6-16(15)21/h3-6H,2,7-14H2,1H3,(H,18,19). The van der Waals surface area contributed by atoms with E-state index in [2.05, 4.69) is 58.1 Å². The quantitative estimate of drug-likeness (QED) is 0.680. The highest BCUT2D eigenvalue weighted by molar-refractivity contribution is 7.99. The number of nitrogens with one attached hydrogen (secondary N) is 1. The number of fused-ring (bicyclic) bond motifs is 1. The average Bonchev–Trinajstić information content (AvgIpc) is 2.99. The van der Waals surface area contributed by atoms with Crippen molar-refractivity contribution in [3.8, 4) is 0 Å². The molecule has 0 aliphatic carbocycles. The second kappa shape index (κ2) is 7.88. The smallest absolute Gasteiger partial charge is 0.198 e. The molecule has 1 aromatic carbocycles. The highest BCUT2D eigenvalue weighted by atomic mass is 32.2. The number of nitrogens with zero attached hydrogens (tertiary/aromatic N) is 3. The van der Waals surface area contributed by atoms with Crippen LogP contribution in [0, 0.1) is 0 Å². The van der Waals surface area contributed by atoms with Gasteiger partial charge in [0.2, 0.25) is 0 Å². The Morgan fingerprint density at radius 3 is 2.86 bits per heavy atom. The Morgan fingerprint density at radius 1 is 1.23 bits per heavy atom. The van der Waals surface area contributed by atoms with Gasteiger partial charge in [-0.15, -0.1) is 0 Å². The van der Waals surface area contributed by atoms with Gasteiger partial charge in [0.05, 0.1) is 6.54 Å². The second-order valence-corrected chi connectivity index (χ2v) is 6.94. The highest BCUT2D eigenvalue weighted by Crippen LogP contribution is 2.27. The molecule has 0 saturated carbocycles. The summed E-state index contributed by atoms with van der Waals surface area (Å²) in [7, 11) is 0. The molecule has 0 unspecified atom stereocenters. The number of hydrogen-bond acceptors (Lipinski definition) is 3. The van der Waals surface area contributed by atoms with Crippen molar-refractivity contribution in [1.29, 1.82) is 0 Å². The fraction of sp³-hybridized carbons (Fsp3) is 0.588. The molecule has 3 rings (SSSR count). The number of para-hydroxylation sites is 1. The summed E-state index contributed by atoms with van der Waals surface area (Å²) < 4.78 is 0. The fourth-order valence-electron chi connectivity index (χ4n) is 3.08. The summed E-state index contributed by atoms with van der Waals surface area (Å²) in [5.41, 5.74) is 2.75. The molecule has 2 heterocycles. The van der Waals surface area contributed by atoms with Crippen molar-refractivity contribution in [2.24, 2.45) is 4.99 Å². The molecule has 0 amide bonds. The lowest BCUT2D eigenvalue weighted by Gasteiger charge is -2.26. The first kappa shape index (κ1) is 15.7. The molecule has 0 atom stereocenters. The lowest BCUT2D eigenvalue weighted by molar-refractivity contribution is 0.311. The van der Waals surface area contributed by atoms with Crippen LogP contribution in [-0.2, 0) is 6.42 Å². The number of guanidine groups is 1. The molecule has 1 saturated heterocycles. The van der Waals surface area contributed by atoms with Gasteiger partial charge in [-0.1, -0.05) is 18.2 Å². The number of rotatable bonds is 4. The summed E-state index contributed by atoms with van der Waals surface area (Å²) in [5.74, 6) is 3.57. The zero-order valence-corrected chi connectivity index (χ0v) is 14.2. The molecule has 0 aromatic heterocycles. The van der Waals surface area contributed by atoms with Crippen LogP contribution in [0.25, 0.3) is 0 Å². The maximum atomic E-state index is 4.87. The monoisotopic (exact) mass is 318 g/mol. The van der Waals surface area contributed by atoms with E-state index in [4.69, 9.17) is 4.99 Å². The van der Waals surface area contributed by atoms with Crippen LogP contribution in [0.3, 0.4) is 0 Å². The topological polar surface area (TPSA) is 30.9 Å². The van der Waals surface area contributed by atoms with Gasteiger partial charge in [-0.05, 0) is 25.0 Å². The van der Waals surface area contributed by atoms with E-state index in [1.54, 1.807) is 0 Å². The van der Waals surface area contributed by atoms with E-state index in [1.807, 2.05) is 0 Å². The average molecular weight is 318 g/mol. The maximum absolute atomic E-state index is 4.87. The number of anilines is 1. The molecule has 2 aliphatic rings. The van der Waals surface area contributed by atoms with E-state index in [1.165, 1.54) is 35.8 Å². The van der Waals surface area contributed by atoms with Crippen molar-refractivity contribution in [3.05, 3.63) is 29.8 Å². The zero-order valence-electron chi connectivity index (χ0n) is 13.4. The number of hydrogen-bond donors (Lipinski definition) is 1. The third kappa shape index (κ3) is 3.76. The number of thioether (sulfide) groups is 1. The van der Waals surface area contributed by atoms with E-state index in [-0.39, 0.29) is 0 Å². The fourth-order valence-corrected chi connectivity index (χ4v) is 4.05. The molecule has 0 spiro atoms. The van der Waals surface area contributed by atoms with Gasteiger partial charge in [0.1, 0.15) is 0 Å². The van der Waals surface area contributed by atoms with Crippen molar-refractivity contribution in [1.82, 2.24) is 10.2 Å². The Morgan fingerprint density at radius 2 is 2.05 bits per heavy atom. The molecular weight excluding hydrogens is 292 g/mol. The minimum atomic E-state index is 0.881. The predicted molar refractivity (Wildman–Crippen MR) is 97.2 cm³/mol. The van der Waals surface area contributed by atoms with E-state index in [0.29, 0.717) is 0 Å². The number of benzene rings is 1. The zero-order chi connectivity index (χ0) is 15.2. The van der Waals surface area contributed by atoms with Crippen LogP contribution in [-0.4, -0.2) is 61.6 Å². The molecule has 5 heteroatoms. The van der Waals surface area contributed by atoms with Crippen LogP contribution in [0.15, 0.2) is 29.3 Å². The molecule has 4 nitrogen and oxygen atoms in total. The van der Waals surface area contributed by atoms with Gasteiger partial charge < -0.3 is 10.2 Å². The minimum Gasteiger partial charge on any atom is -0.356 e. The van der Waals surface area contributed by atoms with Crippen LogP contribution in [0.5, 0.6) is 0 Å².